The van der Waals surface area contributed by atoms with Crippen LogP contribution in [-0.2, 0) is 7.05 Å². The predicted molar refractivity (Wildman–Crippen MR) is 64.4 cm³/mol. The molecule has 82 valence electrons. The molecular weight excluding hydrogens is 200 g/mol. The summed E-state index contributed by atoms with van der Waals surface area (Å²) >= 11 is 0. The van der Waals surface area contributed by atoms with Crippen molar-refractivity contribution in [2.45, 2.75) is 6.92 Å². The Hall–Kier alpha value is -2.10. The lowest BCUT2D eigenvalue weighted by atomic mass is 10.1. The molecule has 0 unspecified atom stereocenters. The highest BCUT2D eigenvalue weighted by Gasteiger charge is 2.04. The van der Waals surface area contributed by atoms with Crippen molar-refractivity contribution in [3.05, 3.63) is 41.9 Å². The van der Waals surface area contributed by atoms with E-state index >= 15 is 0 Å². The molecule has 0 saturated carbocycles. The highest BCUT2D eigenvalue weighted by molar-refractivity contribution is 5.95. The van der Waals surface area contributed by atoms with Crippen molar-refractivity contribution in [2.75, 3.05) is 0 Å². The number of rotatable bonds is 2. The SMILES string of the molecule is Cc1nc(-c2ccc(C(=N)N)cc2)cn1C. The summed E-state index contributed by atoms with van der Waals surface area (Å²) in [5.41, 5.74) is 8.10. The average Bonchev–Trinajstić information content (AvgIpc) is 2.59. The van der Waals surface area contributed by atoms with Gasteiger partial charge in [0.05, 0.1) is 5.69 Å². The van der Waals surface area contributed by atoms with Crippen LogP contribution in [0.25, 0.3) is 11.3 Å². The van der Waals surface area contributed by atoms with Gasteiger partial charge in [-0.25, -0.2) is 4.98 Å². The first-order valence-corrected chi connectivity index (χ1v) is 5.02. The Kier molecular flexibility index (Phi) is 2.48. The number of hydrogen-bond acceptors (Lipinski definition) is 2. The van der Waals surface area contributed by atoms with Gasteiger partial charge in [0.2, 0.25) is 0 Å². The Labute approximate surface area is 94.2 Å². The first-order valence-electron chi connectivity index (χ1n) is 5.02. The first kappa shape index (κ1) is 10.4. The molecule has 1 aromatic carbocycles. The van der Waals surface area contributed by atoms with Crippen molar-refractivity contribution in [1.82, 2.24) is 9.55 Å². The maximum atomic E-state index is 7.31. The van der Waals surface area contributed by atoms with Gasteiger partial charge in [0.15, 0.2) is 0 Å². The molecule has 0 amide bonds. The van der Waals surface area contributed by atoms with E-state index in [9.17, 15) is 0 Å². The molecule has 0 aliphatic heterocycles. The summed E-state index contributed by atoms with van der Waals surface area (Å²) in [4.78, 5) is 4.43. The largest absolute Gasteiger partial charge is 0.384 e. The van der Waals surface area contributed by atoms with E-state index in [1.807, 2.05) is 49.0 Å². The maximum Gasteiger partial charge on any atom is 0.122 e. The van der Waals surface area contributed by atoms with Crippen LogP contribution < -0.4 is 5.73 Å². The van der Waals surface area contributed by atoms with Crippen LogP contribution >= 0.6 is 0 Å². The smallest absolute Gasteiger partial charge is 0.122 e. The monoisotopic (exact) mass is 214 g/mol. The summed E-state index contributed by atoms with van der Waals surface area (Å²) in [6, 6.07) is 7.53. The van der Waals surface area contributed by atoms with Gasteiger partial charge in [-0.1, -0.05) is 24.3 Å². The molecule has 16 heavy (non-hydrogen) atoms. The number of nitrogens with zero attached hydrogens (tertiary/aromatic N) is 2. The quantitative estimate of drug-likeness (QED) is 0.590. The number of nitrogens with two attached hydrogens (primary N) is 1. The molecule has 0 spiro atoms. The molecule has 0 aliphatic rings. The fraction of sp³-hybridized carbons (Fsp3) is 0.167. The zero-order valence-corrected chi connectivity index (χ0v) is 9.36. The fourth-order valence-corrected chi connectivity index (χ4v) is 1.52. The second-order valence-corrected chi connectivity index (χ2v) is 3.78. The lowest BCUT2D eigenvalue weighted by molar-refractivity contribution is 0.858. The van der Waals surface area contributed by atoms with E-state index in [4.69, 9.17) is 11.1 Å². The van der Waals surface area contributed by atoms with Gasteiger partial charge in [0, 0.05) is 24.4 Å². The number of nitrogens with one attached hydrogen (secondary N) is 1. The lowest BCUT2D eigenvalue weighted by Crippen LogP contribution is -2.10. The van der Waals surface area contributed by atoms with E-state index in [1.54, 1.807) is 0 Å². The molecule has 2 aromatic rings. The van der Waals surface area contributed by atoms with Crippen molar-refractivity contribution >= 4 is 5.84 Å². The Bertz CT molecular complexity index is 503. The van der Waals surface area contributed by atoms with Gasteiger partial charge in [0.25, 0.3) is 0 Å². The Morgan fingerprint density at radius 3 is 2.38 bits per heavy atom. The molecule has 0 atom stereocenters. The minimum atomic E-state index is 0.0868. The third-order valence-corrected chi connectivity index (χ3v) is 2.60. The minimum absolute atomic E-state index is 0.0868. The van der Waals surface area contributed by atoms with Crippen LogP contribution in [0.4, 0.5) is 0 Å². The average molecular weight is 214 g/mol. The van der Waals surface area contributed by atoms with Crippen LogP contribution in [0.3, 0.4) is 0 Å². The Morgan fingerprint density at radius 1 is 1.31 bits per heavy atom. The minimum Gasteiger partial charge on any atom is -0.384 e. The zero-order valence-electron chi connectivity index (χ0n) is 9.36. The van der Waals surface area contributed by atoms with Gasteiger partial charge in [-0.3, -0.25) is 5.41 Å². The Morgan fingerprint density at radius 2 is 1.94 bits per heavy atom. The van der Waals surface area contributed by atoms with Gasteiger partial charge in [-0.15, -0.1) is 0 Å². The molecule has 1 heterocycles. The number of amidine groups is 1. The van der Waals surface area contributed by atoms with E-state index in [0.717, 1.165) is 22.6 Å². The van der Waals surface area contributed by atoms with Crippen molar-refractivity contribution < 1.29 is 0 Å². The molecule has 4 nitrogen and oxygen atoms in total. The molecule has 2 rings (SSSR count). The summed E-state index contributed by atoms with van der Waals surface area (Å²) in [5, 5.41) is 7.31. The van der Waals surface area contributed by atoms with Crippen LogP contribution in [0.1, 0.15) is 11.4 Å². The highest BCUT2D eigenvalue weighted by Crippen LogP contribution is 2.18. The van der Waals surface area contributed by atoms with E-state index in [1.165, 1.54) is 0 Å². The van der Waals surface area contributed by atoms with Crippen LogP contribution in [0.2, 0.25) is 0 Å². The molecular formula is C12H14N4. The normalized spacial score (nSPS) is 10.4. The van der Waals surface area contributed by atoms with Gasteiger partial charge in [-0.2, -0.15) is 0 Å². The number of aryl methyl sites for hydroxylation is 2. The number of nitrogen functional groups attached to an aromatic ring is 1. The summed E-state index contributed by atoms with van der Waals surface area (Å²) in [7, 11) is 1.97. The molecule has 0 radical (unpaired) electrons. The van der Waals surface area contributed by atoms with Gasteiger partial charge < -0.3 is 10.3 Å². The molecule has 0 fully saturated rings. The third-order valence-electron chi connectivity index (χ3n) is 2.60. The summed E-state index contributed by atoms with van der Waals surface area (Å²) in [5.74, 6) is 1.06. The van der Waals surface area contributed by atoms with Gasteiger partial charge >= 0.3 is 0 Å². The lowest BCUT2D eigenvalue weighted by Gasteiger charge is -1.99. The van der Waals surface area contributed by atoms with Crippen LogP contribution in [0.15, 0.2) is 30.5 Å². The van der Waals surface area contributed by atoms with E-state index in [-0.39, 0.29) is 5.84 Å². The van der Waals surface area contributed by atoms with E-state index in [2.05, 4.69) is 4.98 Å². The van der Waals surface area contributed by atoms with Gasteiger partial charge in [0.1, 0.15) is 11.7 Å². The number of benzene rings is 1. The van der Waals surface area contributed by atoms with E-state index in [0.29, 0.717) is 0 Å². The maximum absolute atomic E-state index is 7.31. The topological polar surface area (TPSA) is 67.7 Å². The van der Waals surface area contributed by atoms with Crippen molar-refractivity contribution in [2.24, 2.45) is 12.8 Å². The summed E-state index contributed by atoms with van der Waals surface area (Å²) in [6.45, 7) is 1.97. The first-order chi connectivity index (χ1) is 7.58. The van der Waals surface area contributed by atoms with Crippen LogP contribution in [0.5, 0.6) is 0 Å². The molecule has 3 N–H and O–H groups in total. The van der Waals surface area contributed by atoms with Crippen LogP contribution in [0, 0.1) is 12.3 Å². The van der Waals surface area contributed by atoms with Crippen LogP contribution in [-0.4, -0.2) is 15.4 Å². The highest BCUT2D eigenvalue weighted by atomic mass is 15.0. The summed E-state index contributed by atoms with van der Waals surface area (Å²) < 4.78 is 1.98. The molecule has 0 saturated heterocycles. The predicted octanol–water partition coefficient (Wildman–Crippen LogP) is 1.68. The third kappa shape index (κ3) is 1.82. The van der Waals surface area contributed by atoms with Crippen molar-refractivity contribution in [3.8, 4) is 11.3 Å². The van der Waals surface area contributed by atoms with Crippen molar-refractivity contribution in [3.63, 3.8) is 0 Å². The Balaban J connectivity index is 2.38. The van der Waals surface area contributed by atoms with E-state index < -0.39 is 0 Å². The second-order valence-electron chi connectivity index (χ2n) is 3.78. The van der Waals surface area contributed by atoms with Crippen molar-refractivity contribution in [1.29, 1.82) is 5.41 Å². The van der Waals surface area contributed by atoms with Gasteiger partial charge in [-0.05, 0) is 6.92 Å². The molecule has 1 aromatic heterocycles. The number of imidazole rings is 1. The standard InChI is InChI=1S/C12H14N4/c1-8-15-11(7-16(8)2)9-3-5-10(6-4-9)12(13)14/h3-7H,1-2H3,(H3,13,14). The number of aromatic nitrogens is 2. The molecule has 0 aliphatic carbocycles. The molecule has 4 heteroatoms. The fourth-order valence-electron chi connectivity index (χ4n) is 1.52. The zero-order chi connectivity index (χ0) is 11.7. The number of hydrogen-bond donors (Lipinski definition) is 2. The summed E-state index contributed by atoms with van der Waals surface area (Å²) in [6.07, 6.45) is 1.98. The molecule has 0 bridgehead atoms. The second kappa shape index (κ2) is 3.81.